The summed E-state index contributed by atoms with van der Waals surface area (Å²) < 4.78 is 16.8. The van der Waals surface area contributed by atoms with Gasteiger partial charge in [0.25, 0.3) is 0 Å². The molecule has 0 radical (unpaired) electrons. The van der Waals surface area contributed by atoms with Crippen LogP contribution in [-0.4, -0.2) is 37.2 Å². The highest BCUT2D eigenvalue weighted by Gasteiger charge is 2.19. The summed E-state index contributed by atoms with van der Waals surface area (Å²) in [6, 6.07) is 0. The lowest BCUT2D eigenvalue weighted by molar-refractivity contribution is -0.166. The van der Waals surface area contributed by atoms with Gasteiger partial charge in [-0.3, -0.25) is 14.4 Å². The number of rotatable bonds is 53. The average Bonchev–Trinajstić information content (AvgIpc) is 3.39. The molecule has 0 aromatic rings. The van der Waals surface area contributed by atoms with Gasteiger partial charge in [-0.15, -0.1) is 0 Å². The van der Waals surface area contributed by atoms with E-state index in [0.717, 1.165) is 103 Å². The molecule has 0 aromatic carbocycles. The molecule has 414 valence electrons. The third-order valence-corrected chi connectivity index (χ3v) is 12.4. The van der Waals surface area contributed by atoms with Crippen LogP contribution in [0.15, 0.2) is 122 Å². The molecule has 0 saturated heterocycles. The Bertz CT molecular complexity index is 1540. The lowest BCUT2D eigenvalue weighted by Crippen LogP contribution is -2.30. The van der Waals surface area contributed by atoms with E-state index < -0.39 is 6.10 Å². The number of allylic oxidation sites excluding steroid dienone is 20. The standard InChI is InChI=1S/C67H110O6/c1-4-7-10-13-16-19-22-25-27-29-31-33-35-37-39-42-45-48-51-54-57-60-66(69)72-63-64(62-71-65(68)59-56-53-50-47-44-41-24-21-18-15-12-9-6-3)73-67(70)61-58-55-52-49-46-43-40-38-36-34-32-30-28-26-23-20-17-14-11-8-5-2/h7,9-10,12,16,18-19,21,23,25-27,30-33,41,44,50,53,64H,4-6,8,11,13-15,17,20,22,24,28-29,34-40,42-43,45-49,51-52,54-63H2,1-3H3/b10-7-,12-9-,19-16-,21-18-,26-23-,27-25-,32-30-,33-31-,44-41-,53-50-. The molecule has 0 aliphatic carbocycles. The van der Waals surface area contributed by atoms with Crippen molar-refractivity contribution in [3.05, 3.63) is 122 Å². The van der Waals surface area contributed by atoms with Crippen molar-refractivity contribution in [1.29, 1.82) is 0 Å². The molecule has 0 heterocycles. The van der Waals surface area contributed by atoms with Crippen LogP contribution in [0.4, 0.5) is 0 Å². The molecule has 1 unspecified atom stereocenters. The fraction of sp³-hybridized carbons (Fsp3) is 0.657. The number of unbranched alkanes of at least 4 members (excludes halogenated alkanes) is 22. The second-order valence-electron chi connectivity index (χ2n) is 19.5. The van der Waals surface area contributed by atoms with Gasteiger partial charge in [0.15, 0.2) is 6.10 Å². The first kappa shape index (κ1) is 68.8. The highest BCUT2D eigenvalue weighted by Crippen LogP contribution is 2.15. The number of carbonyl (C=O) groups excluding carboxylic acids is 3. The number of ether oxygens (including phenoxy) is 3. The Kier molecular flexibility index (Phi) is 56.9. The summed E-state index contributed by atoms with van der Waals surface area (Å²) in [4.78, 5) is 38.2. The summed E-state index contributed by atoms with van der Waals surface area (Å²) >= 11 is 0. The van der Waals surface area contributed by atoms with E-state index in [-0.39, 0.29) is 37.5 Å². The van der Waals surface area contributed by atoms with Crippen LogP contribution in [0.2, 0.25) is 0 Å². The Morgan fingerprint density at radius 2 is 0.562 bits per heavy atom. The summed E-state index contributed by atoms with van der Waals surface area (Å²) in [6.45, 7) is 6.33. The van der Waals surface area contributed by atoms with Gasteiger partial charge >= 0.3 is 17.9 Å². The van der Waals surface area contributed by atoms with Crippen molar-refractivity contribution in [2.45, 2.75) is 271 Å². The molecule has 6 nitrogen and oxygen atoms in total. The molecule has 0 aliphatic heterocycles. The maximum atomic E-state index is 12.9. The van der Waals surface area contributed by atoms with Crippen LogP contribution in [0.3, 0.4) is 0 Å². The van der Waals surface area contributed by atoms with Crippen molar-refractivity contribution >= 4 is 17.9 Å². The predicted octanol–water partition coefficient (Wildman–Crippen LogP) is 20.4. The van der Waals surface area contributed by atoms with E-state index in [2.05, 4.69) is 136 Å². The fourth-order valence-electron chi connectivity index (χ4n) is 8.01. The van der Waals surface area contributed by atoms with E-state index in [1.807, 2.05) is 6.08 Å². The van der Waals surface area contributed by atoms with Crippen molar-refractivity contribution < 1.29 is 28.6 Å². The molecule has 1 atom stereocenters. The normalized spacial score (nSPS) is 13.0. The topological polar surface area (TPSA) is 78.9 Å². The van der Waals surface area contributed by atoms with Crippen LogP contribution in [-0.2, 0) is 28.6 Å². The predicted molar refractivity (Wildman–Crippen MR) is 316 cm³/mol. The SMILES string of the molecule is CC/C=C\C/C=C\C/C=C\C/C=C\CCCCCCCCCCC(=O)OCC(COC(=O)CC/C=C\C/C=C\C/C=C\C/C=C\CC)OC(=O)CCCCCCCCCCC/C=C\C/C=C\CCCCCCC. The molecule has 0 fully saturated rings. The summed E-state index contributed by atoms with van der Waals surface area (Å²) in [5.41, 5.74) is 0. The van der Waals surface area contributed by atoms with E-state index in [0.29, 0.717) is 19.3 Å². The molecule has 6 heteroatoms. The highest BCUT2D eigenvalue weighted by molar-refractivity contribution is 5.71. The lowest BCUT2D eigenvalue weighted by Gasteiger charge is -2.18. The third-order valence-electron chi connectivity index (χ3n) is 12.4. The zero-order chi connectivity index (χ0) is 52.9. The maximum Gasteiger partial charge on any atom is 0.306 e. The fourth-order valence-corrected chi connectivity index (χ4v) is 8.01. The molecule has 0 aromatic heterocycles. The molecule has 0 rings (SSSR count). The number of hydrogen-bond donors (Lipinski definition) is 0. The number of esters is 3. The van der Waals surface area contributed by atoms with Crippen molar-refractivity contribution in [2.75, 3.05) is 13.2 Å². The zero-order valence-electron chi connectivity index (χ0n) is 47.4. The number of carbonyl (C=O) groups is 3. The molecular weight excluding hydrogens is 901 g/mol. The second-order valence-corrected chi connectivity index (χ2v) is 19.5. The average molecular weight is 1010 g/mol. The molecule has 73 heavy (non-hydrogen) atoms. The minimum atomic E-state index is -0.817. The van der Waals surface area contributed by atoms with E-state index in [1.54, 1.807) is 0 Å². The number of hydrogen-bond acceptors (Lipinski definition) is 6. The third kappa shape index (κ3) is 58.6. The second kappa shape index (κ2) is 60.4. The molecule has 0 amide bonds. The summed E-state index contributed by atoms with van der Waals surface area (Å²) in [5.74, 6) is -1.00. The highest BCUT2D eigenvalue weighted by atomic mass is 16.6. The Hall–Kier alpha value is -4.19. The Balaban J connectivity index is 4.43. The van der Waals surface area contributed by atoms with Crippen molar-refractivity contribution in [3.8, 4) is 0 Å². The Morgan fingerprint density at radius 3 is 0.918 bits per heavy atom. The van der Waals surface area contributed by atoms with Gasteiger partial charge in [-0.25, -0.2) is 0 Å². The van der Waals surface area contributed by atoms with E-state index in [4.69, 9.17) is 14.2 Å². The monoisotopic (exact) mass is 1010 g/mol. The van der Waals surface area contributed by atoms with Crippen LogP contribution < -0.4 is 0 Å². The van der Waals surface area contributed by atoms with Gasteiger partial charge in [-0.05, 0) is 116 Å². The van der Waals surface area contributed by atoms with Gasteiger partial charge in [0.05, 0.1) is 0 Å². The van der Waals surface area contributed by atoms with Crippen molar-refractivity contribution in [2.24, 2.45) is 0 Å². The summed E-state index contributed by atoms with van der Waals surface area (Å²) in [6.07, 6.45) is 83.5. The van der Waals surface area contributed by atoms with E-state index >= 15 is 0 Å². The van der Waals surface area contributed by atoms with Gasteiger partial charge in [0.2, 0.25) is 0 Å². The van der Waals surface area contributed by atoms with Gasteiger partial charge in [0.1, 0.15) is 13.2 Å². The molecule has 0 bridgehead atoms. The molecule has 0 aliphatic rings. The lowest BCUT2D eigenvalue weighted by atomic mass is 10.1. The Morgan fingerprint density at radius 1 is 0.288 bits per heavy atom. The van der Waals surface area contributed by atoms with E-state index in [9.17, 15) is 14.4 Å². The van der Waals surface area contributed by atoms with Crippen LogP contribution in [0.25, 0.3) is 0 Å². The summed E-state index contributed by atoms with van der Waals surface area (Å²) in [7, 11) is 0. The zero-order valence-corrected chi connectivity index (χ0v) is 47.4. The van der Waals surface area contributed by atoms with Crippen LogP contribution in [0.5, 0.6) is 0 Å². The maximum absolute atomic E-state index is 12.9. The van der Waals surface area contributed by atoms with E-state index in [1.165, 1.54) is 116 Å². The smallest absolute Gasteiger partial charge is 0.306 e. The van der Waals surface area contributed by atoms with Gasteiger partial charge in [-0.1, -0.05) is 251 Å². The van der Waals surface area contributed by atoms with Gasteiger partial charge in [-0.2, -0.15) is 0 Å². The summed E-state index contributed by atoms with van der Waals surface area (Å²) in [5, 5.41) is 0. The molecular formula is C67H110O6. The molecule has 0 saturated carbocycles. The van der Waals surface area contributed by atoms with Crippen molar-refractivity contribution in [3.63, 3.8) is 0 Å². The van der Waals surface area contributed by atoms with Gasteiger partial charge < -0.3 is 14.2 Å². The first-order valence-electron chi connectivity index (χ1n) is 30.0. The van der Waals surface area contributed by atoms with Gasteiger partial charge in [0, 0.05) is 19.3 Å². The quantitative estimate of drug-likeness (QED) is 0.0261. The first-order valence-corrected chi connectivity index (χ1v) is 30.0. The molecule has 0 N–H and O–H groups in total. The minimum absolute atomic E-state index is 0.109. The first-order chi connectivity index (χ1) is 36.0. The van der Waals surface area contributed by atoms with Crippen molar-refractivity contribution in [1.82, 2.24) is 0 Å². The van der Waals surface area contributed by atoms with Crippen LogP contribution >= 0.6 is 0 Å². The minimum Gasteiger partial charge on any atom is -0.462 e. The largest absolute Gasteiger partial charge is 0.462 e. The Labute approximate surface area is 450 Å². The molecule has 0 spiro atoms. The van der Waals surface area contributed by atoms with Crippen LogP contribution in [0.1, 0.15) is 265 Å². The van der Waals surface area contributed by atoms with Crippen LogP contribution in [0, 0.1) is 0 Å².